The largest absolute Gasteiger partial charge is 0.310 e. The molecule has 2 heterocycles. The van der Waals surface area contributed by atoms with E-state index in [2.05, 4.69) is 28.3 Å². The average Bonchev–Trinajstić information content (AvgIpc) is 2.62. The van der Waals surface area contributed by atoms with Gasteiger partial charge in [0.15, 0.2) is 0 Å². The van der Waals surface area contributed by atoms with Gasteiger partial charge in [-0.3, -0.25) is 4.79 Å². The highest BCUT2D eigenvalue weighted by molar-refractivity contribution is 7.99. The summed E-state index contributed by atoms with van der Waals surface area (Å²) in [5.41, 5.74) is 2.49. The average molecular weight is 354 g/mol. The van der Waals surface area contributed by atoms with Crippen molar-refractivity contribution < 1.29 is 4.79 Å². The second-order valence-electron chi connectivity index (χ2n) is 5.69. The maximum Gasteiger partial charge on any atom is 0.226 e. The van der Waals surface area contributed by atoms with Crippen molar-refractivity contribution in [3.63, 3.8) is 0 Å². The Balaban J connectivity index is 1.91. The summed E-state index contributed by atoms with van der Waals surface area (Å²) in [6, 6.07) is 9.64. The number of rotatable bonds is 8. The van der Waals surface area contributed by atoms with Crippen LogP contribution in [0.5, 0.6) is 0 Å². The van der Waals surface area contributed by atoms with Crippen LogP contribution < -0.4 is 5.32 Å². The van der Waals surface area contributed by atoms with Crippen molar-refractivity contribution >= 4 is 23.5 Å². The topological polar surface area (TPSA) is 78.7 Å². The molecule has 2 aromatic rings. The summed E-state index contributed by atoms with van der Waals surface area (Å²) in [4.78, 5) is 20.8. The highest BCUT2D eigenvalue weighted by Gasteiger charge is 2.09. The van der Waals surface area contributed by atoms with E-state index in [0.29, 0.717) is 28.6 Å². The molecule has 0 aliphatic carbocycles. The van der Waals surface area contributed by atoms with Gasteiger partial charge in [-0.15, -0.1) is 11.8 Å². The molecule has 0 fully saturated rings. The van der Waals surface area contributed by atoms with Crippen LogP contribution in [-0.4, -0.2) is 21.6 Å². The highest BCUT2D eigenvalue weighted by Crippen LogP contribution is 2.22. The van der Waals surface area contributed by atoms with Gasteiger partial charge in [-0.05, 0) is 43.5 Å². The van der Waals surface area contributed by atoms with Gasteiger partial charge in [0.25, 0.3) is 0 Å². The molecule has 5 nitrogen and oxygen atoms in total. The molecule has 0 radical (unpaired) electrons. The molecule has 6 heteroatoms. The lowest BCUT2D eigenvalue weighted by Crippen LogP contribution is -2.14. The zero-order chi connectivity index (χ0) is 18.1. The number of pyridine rings is 2. The number of unbranched alkanes of at least 4 members (excludes halogenated alkanes) is 1. The van der Waals surface area contributed by atoms with Crippen LogP contribution in [0.15, 0.2) is 35.5 Å². The number of nitrogens with zero attached hydrogens (tertiary/aromatic N) is 3. The van der Waals surface area contributed by atoms with Crippen LogP contribution >= 0.6 is 11.8 Å². The number of nitrogens with one attached hydrogen (secondary N) is 1. The van der Waals surface area contributed by atoms with Crippen molar-refractivity contribution in [1.82, 2.24) is 9.97 Å². The number of aryl methyl sites for hydroxylation is 2. The minimum Gasteiger partial charge on any atom is -0.310 e. The number of thioether (sulfide) groups is 1. The van der Waals surface area contributed by atoms with Crippen LogP contribution in [-0.2, 0) is 11.2 Å². The number of anilines is 1. The molecule has 0 saturated heterocycles. The Kier molecular flexibility index (Phi) is 7.42. The van der Waals surface area contributed by atoms with E-state index in [9.17, 15) is 10.1 Å². The van der Waals surface area contributed by atoms with Crippen molar-refractivity contribution in [2.45, 2.75) is 44.6 Å². The van der Waals surface area contributed by atoms with Gasteiger partial charge in [0.05, 0.1) is 5.56 Å². The van der Waals surface area contributed by atoms with E-state index in [1.54, 1.807) is 6.20 Å². The fourth-order valence-corrected chi connectivity index (χ4v) is 3.15. The molecule has 130 valence electrons. The Hall–Kier alpha value is -2.39. The molecule has 0 bridgehead atoms. The van der Waals surface area contributed by atoms with Gasteiger partial charge in [0.1, 0.15) is 16.9 Å². The minimum absolute atomic E-state index is 0.0880. The van der Waals surface area contributed by atoms with Crippen LogP contribution in [0, 0.1) is 18.3 Å². The molecule has 0 atom stereocenters. The number of hydrogen-bond acceptors (Lipinski definition) is 5. The Morgan fingerprint density at radius 3 is 2.92 bits per heavy atom. The predicted molar refractivity (Wildman–Crippen MR) is 101 cm³/mol. The number of nitriles is 1. The van der Waals surface area contributed by atoms with Crippen molar-refractivity contribution in [2.75, 3.05) is 11.1 Å². The summed E-state index contributed by atoms with van der Waals surface area (Å²) in [5, 5.41) is 12.8. The van der Waals surface area contributed by atoms with Crippen LogP contribution in [0.25, 0.3) is 0 Å². The molecule has 25 heavy (non-hydrogen) atoms. The van der Waals surface area contributed by atoms with E-state index in [1.807, 2.05) is 31.2 Å². The smallest absolute Gasteiger partial charge is 0.226 e. The summed E-state index contributed by atoms with van der Waals surface area (Å²) in [5.74, 6) is 1.07. The predicted octanol–water partition coefficient (Wildman–Crippen LogP) is 4.12. The van der Waals surface area contributed by atoms with Crippen molar-refractivity contribution in [1.29, 1.82) is 5.26 Å². The summed E-state index contributed by atoms with van der Waals surface area (Å²) >= 11 is 1.45. The SMILES string of the molecule is CCCCc1ccc(C#N)c(SCCC(=O)Nc2ncccc2C)n1. The van der Waals surface area contributed by atoms with Gasteiger partial charge in [0.2, 0.25) is 5.91 Å². The molecule has 0 spiro atoms. The molecular weight excluding hydrogens is 332 g/mol. The Labute approximate surface area is 152 Å². The molecule has 0 aliphatic heterocycles. The van der Waals surface area contributed by atoms with Gasteiger partial charge in [-0.1, -0.05) is 19.4 Å². The first-order valence-electron chi connectivity index (χ1n) is 8.38. The first-order valence-corrected chi connectivity index (χ1v) is 9.37. The standard InChI is InChI=1S/C19H22N4OS/c1-3-4-7-16-9-8-15(13-20)19(22-16)25-12-10-17(24)23-18-14(2)6-5-11-21-18/h5-6,8-9,11H,3-4,7,10,12H2,1-2H3,(H,21,23,24). The molecule has 0 aromatic carbocycles. The van der Waals surface area contributed by atoms with E-state index < -0.39 is 0 Å². The minimum atomic E-state index is -0.0880. The Bertz CT molecular complexity index is 770. The number of aromatic nitrogens is 2. The monoisotopic (exact) mass is 354 g/mol. The summed E-state index contributed by atoms with van der Waals surface area (Å²) in [6.07, 6.45) is 5.09. The number of carbonyl (C=O) groups is 1. The van der Waals surface area contributed by atoms with Crippen LogP contribution in [0.4, 0.5) is 5.82 Å². The zero-order valence-corrected chi connectivity index (χ0v) is 15.4. The second kappa shape index (κ2) is 9.80. The van der Waals surface area contributed by atoms with Gasteiger partial charge < -0.3 is 5.32 Å². The third kappa shape index (κ3) is 5.87. The van der Waals surface area contributed by atoms with E-state index in [-0.39, 0.29) is 5.91 Å². The Morgan fingerprint density at radius 1 is 1.36 bits per heavy atom. The third-order valence-corrected chi connectivity index (χ3v) is 4.65. The maximum atomic E-state index is 12.1. The molecule has 1 N–H and O–H groups in total. The summed E-state index contributed by atoms with van der Waals surface area (Å²) in [6.45, 7) is 4.05. The lowest BCUT2D eigenvalue weighted by Gasteiger charge is -2.08. The third-order valence-electron chi connectivity index (χ3n) is 3.66. The first-order chi connectivity index (χ1) is 12.1. The number of hydrogen-bond donors (Lipinski definition) is 1. The molecule has 0 unspecified atom stereocenters. The van der Waals surface area contributed by atoms with Crippen LogP contribution in [0.1, 0.15) is 43.0 Å². The van der Waals surface area contributed by atoms with Crippen LogP contribution in [0.3, 0.4) is 0 Å². The summed E-state index contributed by atoms with van der Waals surface area (Å²) < 4.78 is 0. The Morgan fingerprint density at radius 2 is 2.20 bits per heavy atom. The van der Waals surface area contributed by atoms with Gasteiger partial charge in [-0.2, -0.15) is 5.26 Å². The van der Waals surface area contributed by atoms with Gasteiger partial charge in [0, 0.05) is 24.1 Å². The van der Waals surface area contributed by atoms with Gasteiger partial charge in [-0.25, -0.2) is 9.97 Å². The lowest BCUT2D eigenvalue weighted by atomic mass is 10.2. The van der Waals surface area contributed by atoms with Crippen LogP contribution in [0.2, 0.25) is 0 Å². The van der Waals surface area contributed by atoms with Crippen molar-refractivity contribution in [2.24, 2.45) is 0 Å². The maximum absolute atomic E-state index is 12.1. The van der Waals surface area contributed by atoms with Crippen molar-refractivity contribution in [3.8, 4) is 6.07 Å². The molecule has 0 aliphatic rings. The van der Waals surface area contributed by atoms with E-state index >= 15 is 0 Å². The van der Waals surface area contributed by atoms with E-state index in [1.165, 1.54) is 11.8 Å². The first kappa shape index (κ1) is 18.9. The molecule has 2 rings (SSSR count). The number of carbonyl (C=O) groups excluding carboxylic acids is 1. The normalized spacial score (nSPS) is 10.3. The molecule has 2 aromatic heterocycles. The van der Waals surface area contributed by atoms with E-state index in [0.717, 1.165) is 30.5 Å². The fourth-order valence-electron chi connectivity index (χ4n) is 2.22. The fraction of sp³-hybridized carbons (Fsp3) is 0.368. The lowest BCUT2D eigenvalue weighted by molar-refractivity contribution is -0.115. The second-order valence-corrected chi connectivity index (χ2v) is 6.77. The number of amides is 1. The van der Waals surface area contributed by atoms with E-state index in [4.69, 9.17) is 0 Å². The molecule has 0 saturated carbocycles. The zero-order valence-electron chi connectivity index (χ0n) is 14.6. The molecule has 1 amide bonds. The summed E-state index contributed by atoms with van der Waals surface area (Å²) in [7, 11) is 0. The molecular formula is C19H22N4OS. The van der Waals surface area contributed by atoms with Gasteiger partial charge >= 0.3 is 0 Å². The quantitative estimate of drug-likeness (QED) is 0.721. The van der Waals surface area contributed by atoms with Crippen molar-refractivity contribution in [3.05, 3.63) is 47.3 Å². The highest BCUT2D eigenvalue weighted by atomic mass is 32.2.